The van der Waals surface area contributed by atoms with Gasteiger partial charge in [-0.25, -0.2) is 4.98 Å². The number of carbonyl (C=O) groups excluding carboxylic acids is 1. The highest BCUT2D eigenvalue weighted by Gasteiger charge is 2.30. The predicted octanol–water partition coefficient (Wildman–Crippen LogP) is 2.35. The Bertz CT molecular complexity index is 937. The van der Waals surface area contributed by atoms with Crippen LogP contribution in [-0.2, 0) is 0 Å². The van der Waals surface area contributed by atoms with Crippen molar-refractivity contribution in [2.45, 2.75) is 12.5 Å². The Morgan fingerprint density at radius 1 is 1.11 bits per heavy atom. The molecule has 6 heteroatoms. The molecule has 1 aromatic heterocycles. The van der Waals surface area contributed by atoms with Gasteiger partial charge in [-0.2, -0.15) is 0 Å². The standard InChI is InChI=1S/C22H23N3O3/c26-14-18-10-11-24(13-21(18)27)22(28)17-8-6-16(7-9-17)20-12-25(15-23-20)19-4-2-1-3-5-19/h1-9,12,15,18,21,26-27H,10-11,13-14H2/t18-,21-/m1/s1. The van der Waals surface area contributed by atoms with Crippen molar-refractivity contribution in [3.8, 4) is 16.9 Å². The molecule has 2 atom stereocenters. The van der Waals surface area contributed by atoms with E-state index in [0.717, 1.165) is 16.9 Å². The van der Waals surface area contributed by atoms with Crippen LogP contribution in [0.2, 0.25) is 0 Å². The third-order valence-electron chi connectivity index (χ3n) is 5.31. The minimum atomic E-state index is -0.677. The zero-order valence-corrected chi connectivity index (χ0v) is 15.5. The fraction of sp³-hybridized carbons (Fsp3) is 0.273. The van der Waals surface area contributed by atoms with Gasteiger partial charge in [0.25, 0.3) is 5.91 Å². The second-order valence-electron chi connectivity index (χ2n) is 7.13. The van der Waals surface area contributed by atoms with Crippen molar-refractivity contribution in [1.82, 2.24) is 14.5 Å². The maximum absolute atomic E-state index is 12.7. The molecule has 2 heterocycles. The van der Waals surface area contributed by atoms with E-state index < -0.39 is 6.10 Å². The second kappa shape index (κ2) is 7.96. The van der Waals surface area contributed by atoms with Gasteiger partial charge < -0.3 is 19.7 Å². The van der Waals surface area contributed by atoms with Crippen LogP contribution in [0.3, 0.4) is 0 Å². The molecular formula is C22H23N3O3. The Hall–Kier alpha value is -2.96. The summed E-state index contributed by atoms with van der Waals surface area (Å²) in [5, 5.41) is 19.3. The summed E-state index contributed by atoms with van der Waals surface area (Å²) in [6.07, 6.45) is 3.67. The lowest BCUT2D eigenvalue weighted by atomic mass is 9.94. The van der Waals surface area contributed by atoms with Gasteiger partial charge in [0.05, 0.1) is 18.1 Å². The van der Waals surface area contributed by atoms with E-state index in [1.165, 1.54) is 0 Å². The summed E-state index contributed by atoms with van der Waals surface area (Å²) in [6, 6.07) is 17.3. The number of β-amino-alcohol motifs (C(OH)–C–C–N with tert-alkyl or cyclic N) is 1. The molecule has 0 bridgehead atoms. The van der Waals surface area contributed by atoms with E-state index >= 15 is 0 Å². The number of hydrogen-bond acceptors (Lipinski definition) is 4. The maximum Gasteiger partial charge on any atom is 0.253 e. The van der Waals surface area contributed by atoms with Gasteiger partial charge >= 0.3 is 0 Å². The number of likely N-dealkylation sites (tertiary alicyclic amines) is 1. The largest absolute Gasteiger partial charge is 0.396 e. The highest BCUT2D eigenvalue weighted by Crippen LogP contribution is 2.22. The first-order valence-corrected chi connectivity index (χ1v) is 9.44. The normalized spacial score (nSPS) is 19.6. The van der Waals surface area contributed by atoms with Crippen LogP contribution >= 0.6 is 0 Å². The summed E-state index contributed by atoms with van der Waals surface area (Å²) >= 11 is 0. The number of carbonyl (C=O) groups is 1. The Morgan fingerprint density at radius 3 is 2.54 bits per heavy atom. The van der Waals surface area contributed by atoms with E-state index in [1.54, 1.807) is 23.4 Å². The molecule has 0 unspecified atom stereocenters. The maximum atomic E-state index is 12.7. The van der Waals surface area contributed by atoms with E-state index in [4.69, 9.17) is 0 Å². The SMILES string of the molecule is O=C(c1ccc(-c2cn(-c3ccccc3)cn2)cc1)N1CC[C@H](CO)[C@H](O)C1. The van der Waals surface area contributed by atoms with Gasteiger partial charge in [0.15, 0.2) is 0 Å². The summed E-state index contributed by atoms with van der Waals surface area (Å²) < 4.78 is 1.96. The van der Waals surface area contributed by atoms with Crippen LogP contribution in [0.15, 0.2) is 67.1 Å². The molecule has 1 fully saturated rings. The van der Waals surface area contributed by atoms with Crippen LogP contribution in [0, 0.1) is 5.92 Å². The molecule has 2 aromatic carbocycles. The second-order valence-corrected chi connectivity index (χ2v) is 7.13. The van der Waals surface area contributed by atoms with Crippen molar-refractivity contribution in [2.75, 3.05) is 19.7 Å². The number of nitrogens with zero attached hydrogens (tertiary/aromatic N) is 3. The molecule has 1 saturated heterocycles. The van der Waals surface area contributed by atoms with Crippen molar-refractivity contribution >= 4 is 5.91 Å². The quantitative estimate of drug-likeness (QED) is 0.732. The minimum Gasteiger partial charge on any atom is -0.396 e. The number of imidazole rings is 1. The Labute approximate surface area is 163 Å². The smallest absolute Gasteiger partial charge is 0.253 e. The highest BCUT2D eigenvalue weighted by atomic mass is 16.3. The molecular weight excluding hydrogens is 354 g/mol. The highest BCUT2D eigenvalue weighted by molar-refractivity contribution is 5.94. The number of amides is 1. The molecule has 6 nitrogen and oxygen atoms in total. The molecule has 1 aliphatic rings. The third-order valence-corrected chi connectivity index (χ3v) is 5.31. The topological polar surface area (TPSA) is 78.6 Å². The number of aromatic nitrogens is 2. The van der Waals surface area contributed by atoms with E-state index in [-0.39, 0.29) is 25.0 Å². The van der Waals surface area contributed by atoms with Gasteiger partial charge in [-0.15, -0.1) is 0 Å². The first-order chi connectivity index (χ1) is 13.7. The van der Waals surface area contributed by atoms with Crippen molar-refractivity contribution in [2.24, 2.45) is 5.92 Å². The van der Waals surface area contributed by atoms with Gasteiger partial charge in [0.2, 0.25) is 0 Å². The summed E-state index contributed by atoms with van der Waals surface area (Å²) in [6.45, 7) is 0.755. The lowest BCUT2D eigenvalue weighted by Crippen LogP contribution is -2.47. The molecule has 1 aliphatic heterocycles. The molecule has 4 rings (SSSR count). The zero-order valence-electron chi connectivity index (χ0n) is 15.5. The summed E-state index contributed by atoms with van der Waals surface area (Å²) in [5.41, 5.74) is 3.39. The monoisotopic (exact) mass is 377 g/mol. The molecule has 28 heavy (non-hydrogen) atoms. The fourth-order valence-corrected chi connectivity index (χ4v) is 3.56. The van der Waals surface area contributed by atoms with E-state index in [1.807, 2.05) is 53.2 Å². The number of benzene rings is 2. The van der Waals surface area contributed by atoms with E-state index in [0.29, 0.717) is 18.5 Å². The first kappa shape index (κ1) is 18.4. The third kappa shape index (κ3) is 3.69. The van der Waals surface area contributed by atoms with Crippen LogP contribution in [-0.4, -0.2) is 56.4 Å². The molecule has 3 aromatic rings. The van der Waals surface area contributed by atoms with Crippen molar-refractivity contribution in [3.63, 3.8) is 0 Å². The first-order valence-electron chi connectivity index (χ1n) is 9.44. The lowest BCUT2D eigenvalue weighted by molar-refractivity contribution is 0.000878. The molecule has 0 aliphatic carbocycles. The van der Waals surface area contributed by atoms with Gasteiger partial charge in [-0.05, 0) is 30.7 Å². The van der Waals surface area contributed by atoms with Gasteiger partial charge in [0, 0.05) is 48.6 Å². The summed E-state index contributed by atoms with van der Waals surface area (Å²) in [7, 11) is 0. The Balaban J connectivity index is 1.47. The molecule has 144 valence electrons. The van der Waals surface area contributed by atoms with E-state index in [9.17, 15) is 15.0 Å². The van der Waals surface area contributed by atoms with Gasteiger partial charge in [0.1, 0.15) is 0 Å². The van der Waals surface area contributed by atoms with Gasteiger partial charge in [-0.1, -0.05) is 30.3 Å². The summed E-state index contributed by atoms with van der Waals surface area (Å²) in [5.74, 6) is -0.247. The van der Waals surface area contributed by atoms with Crippen LogP contribution in [0.4, 0.5) is 0 Å². The number of hydrogen-bond donors (Lipinski definition) is 2. The van der Waals surface area contributed by atoms with Crippen molar-refractivity contribution < 1.29 is 15.0 Å². The summed E-state index contributed by atoms with van der Waals surface area (Å²) in [4.78, 5) is 18.8. The van der Waals surface area contributed by atoms with Crippen LogP contribution in [0.1, 0.15) is 16.8 Å². The molecule has 0 spiro atoms. The van der Waals surface area contributed by atoms with Crippen molar-refractivity contribution in [3.05, 3.63) is 72.7 Å². The Morgan fingerprint density at radius 2 is 1.86 bits per heavy atom. The number of rotatable bonds is 4. The lowest BCUT2D eigenvalue weighted by Gasteiger charge is -2.35. The average Bonchev–Trinajstić information content (AvgIpc) is 3.24. The zero-order chi connectivity index (χ0) is 19.5. The number of aliphatic hydroxyl groups excluding tert-OH is 2. The fourth-order valence-electron chi connectivity index (χ4n) is 3.56. The molecule has 2 N–H and O–H groups in total. The van der Waals surface area contributed by atoms with Crippen LogP contribution in [0.5, 0.6) is 0 Å². The molecule has 1 amide bonds. The Kier molecular flexibility index (Phi) is 5.23. The number of para-hydroxylation sites is 1. The van der Waals surface area contributed by atoms with E-state index in [2.05, 4.69) is 4.98 Å². The van der Waals surface area contributed by atoms with Crippen molar-refractivity contribution in [1.29, 1.82) is 0 Å². The van der Waals surface area contributed by atoms with Gasteiger partial charge in [-0.3, -0.25) is 4.79 Å². The number of piperidine rings is 1. The molecule has 0 radical (unpaired) electrons. The minimum absolute atomic E-state index is 0.0481. The van der Waals surface area contributed by atoms with Crippen LogP contribution < -0.4 is 0 Å². The predicted molar refractivity (Wildman–Crippen MR) is 106 cm³/mol. The van der Waals surface area contributed by atoms with Crippen LogP contribution in [0.25, 0.3) is 16.9 Å². The number of aliphatic hydroxyl groups is 2. The average molecular weight is 377 g/mol. The molecule has 0 saturated carbocycles.